The van der Waals surface area contributed by atoms with Crippen LogP contribution in [-0.4, -0.2) is 51.3 Å². The van der Waals surface area contributed by atoms with E-state index in [1.807, 2.05) is 0 Å². The molecule has 5 N–H and O–H groups in total. The molecule has 0 aromatic carbocycles. The zero-order chi connectivity index (χ0) is 13.6. The van der Waals surface area contributed by atoms with Gasteiger partial charge < -0.3 is 25.8 Å². The van der Waals surface area contributed by atoms with Gasteiger partial charge >= 0.3 is 23.9 Å². The molecule has 0 aliphatic heterocycles. The normalized spacial score (nSPS) is 10.1. The van der Waals surface area contributed by atoms with Crippen molar-refractivity contribution in [2.75, 3.05) is 6.54 Å². The van der Waals surface area contributed by atoms with E-state index in [0.29, 0.717) is 0 Å². The minimum atomic E-state index is -2.64. The molecular weight excluding hydrogens is 303 g/mol. The van der Waals surface area contributed by atoms with E-state index < -0.39 is 48.9 Å². The molecule has 0 heterocycles. The van der Waals surface area contributed by atoms with Crippen LogP contribution in [0.3, 0.4) is 0 Å². The third kappa shape index (κ3) is 5.69. The third-order valence-electron chi connectivity index (χ3n) is 1.74. The molecule has 0 aromatic heterocycles. The number of carboxylic acids is 3. The minimum Gasteiger partial charge on any atom is -0.481 e. The first-order valence-electron chi connectivity index (χ1n) is 4.32. The van der Waals surface area contributed by atoms with Crippen molar-refractivity contribution in [1.82, 2.24) is 0 Å². The van der Waals surface area contributed by atoms with Gasteiger partial charge in [0.1, 0.15) is 0 Å². The average molecular weight is 315 g/mol. The molecule has 18 heavy (non-hydrogen) atoms. The molecule has 0 fully saturated rings. The molecule has 0 rings (SSSR count). The van der Waals surface area contributed by atoms with Crippen molar-refractivity contribution >= 4 is 23.9 Å². The molecule has 0 saturated heterocycles. The Bertz CT molecular complexity index is 339. The molecule has 9 nitrogen and oxygen atoms in total. The summed E-state index contributed by atoms with van der Waals surface area (Å²) in [6.07, 6.45) is -2.33. The van der Waals surface area contributed by atoms with Crippen LogP contribution in [0.2, 0.25) is 0 Å². The van der Waals surface area contributed by atoms with Crippen LogP contribution < -0.4 is 5.73 Å². The van der Waals surface area contributed by atoms with Crippen LogP contribution in [0.15, 0.2) is 0 Å². The van der Waals surface area contributed by atoms with E-state index in [-0.39, 0.29) is 19.5 Å². The largest absolute Gasteiger partial charge is 0.481 e. The summed E-state index contributed by atoms with van der Waals surface area (Å²) in [5.41, 5.74) is 2.23. The second kappa shape index (κ2) is 7.72. The summed E-state index contributed by atoms with van der Waals surface area (Å²) < 4.78 is 4.35. The Balaban J connectivity index is 0. The van der Waals surface area contributed by atoms with Gasteiger partial charge in [0.25, 0.3) is 0 Å². The average Bonchev–Trinajstić information content (AvgIpc) is 2.14. The maximum atomic E-state index is 10.9. The van der Waals surface area contributed by atoms with Crippen LogP contribution in [0.1, 0.15) is 12.8 Å². The van der Waals surface area contributed by atoms with Crippen LogP contribution in [0.5, 0.6) is 0 Å². The second-order valence-electron chi connectivity index (χ2n) is 3.12. The van der Waals surface area contributed by atoms with Gasteiger partial charge in [0.05, 0.1) is 19.4 Å². The summed E-state index contributed by atoms with van der Waals surface area (Å²) in [5.74, 6) is -6.28. The summed E-state index contributed by atoms with van der Waals surface area (Å²) in [6.45, 7) is -0.686. The molecule has 98 valence electrons. The van der Waals surface area contributed by atoms with Gasteiger partial charge in [-0.25, -0.2) is 4.79 Å². The number of aliphatic carboxylic acids is 3. The van der Waals surface area contributed by atoms with E-state index in [1.54, 1.807) is 0 Å². The van der Waals surface area contributed by atoms with E-state index in [1.165, 1.54) is 0 Å². The van der Waals surface area contributed by atoms with E-state index in [0.717, 1.165) is 0 Å². The molecule has 0 aliphatic rings. The van der Waals surface area contributed by atoms with Crippen LogP contribution in [0, 0.1) is 0 Å². The van der Waals surface area contributed by atoms with Crippen LogP contribution in [0.4, 0.5) is 0 Å². The number of hydrogen-bond donors (Lipinski definition) is 4. The maximum Gasteiger partial charge on any atom is 0.349 e. The number of carboxylic acid groups (broad SMARTS) is 3. The summed E-state index contributed by atoms with van der Waals surface area (Å²) in [7, 11) is 0. The van der Waals surface area contributed by atoms with E-state index in [4.69, 9.17) is 21.1 Å². The third-order valence-corrected chi connectivity index (χ3v) is 1.74. The molecule has 0 atom stereocenters. The minimum absolute atomic E-state index is 0. The number of carbonyl (C=O) groups excluding carboxylic acids is 1. The maximum absolute atomic E-state index is 10.9. The van der Waals surface area contributed by atoms with Crippen molar-refractivity contribution in [3.05, 3.63) is 0 Å². The van der Waals surface area contributed by atoms with Gasteiger partial charge in [-0.1, -0.05) is 0 Å². The van der Waals surface area contributed by atoms with E-state index in [9.17, 15) is 19.2 Å². The van der Waals surface area contributed by atoms with Gasteiger partial charge in [-0.3, -0.25) is 14.4 Å². The van der Waals surface area contributed by atoms with Crippen molar-refractivity contribution in [2.45, 2.75) is 18.4 Å². The first-order valence-corrected chi connectivity index (χ1v) is 4.32. The standard InChI is InChI=1S/C8H11NO8.Zn/c9-3-6(14)17-8(7(15)16,1-4(10)11)2-5(12)13;/h1-3,9H2,(H,10,11)(H,12,13)(H,15,16);. The molecule has 10 heteroatoms. The molecule has 0 radical (unpaired) electrons. The molecule has 0 unspecified atom stereocenters. The Kier molecular flexibility index (Phi) is 8.08. The molecule has 0 aliphatic carbocycles. The quantitative estimate of drug-likeness (QED) is 0.315. The first kappa shape index (κ1) is 18.8. The molecule has 0 amide bonds. The SMILES string of the molecule is NCC(=O)OC(CC(=O)O)(CC(=O)O)C(=O)O.[Zn]. The summed E-state index contributed by atoms with van der Waals surface area (Å²) in [6, 6.07) is 0. The summed E-state index contributed by atoms with van der Waals surface area (Å²) in [4.78, 5) is 42.8. The summed E-state index contributed by atoms with van der Waals surface area (Å²) in [5, 5.41) is 25.9. The fourth-order valence-corrected chi connectivity index (χ4v) is 1.08. The van der Waals surface area contributed by atoms with Gasteiger partial charge in [0.2, 0.25) is 5.60 Å². The number of ether oxygens (including phenoxy) is 1. The fourth-order valence-electron chi connectivity index (χ4n) is 1.08. The molecule has 0 bridgehead atoms. The van der Waals surface area contributed by atoms with Gasteiger partial charge in [-0.05, 0) is 0 Å². The zero-order valence-electron chi connectivity index (χ0n) is 9.29. The number of nitrogens with two attached hydrogens (primary N) is 1. The number of hydrogen-bond acceptors (Lipinski definition) is 6. The number of carbonyl (C=O) groups is 4. The predicted molar refractivity (Wildman–Crippen MR) is 50.0 cm³/mol. The van der Waals surface area contributed by atoms with Crippen molar-refractivity contribution in [1.29, 1.82) is 0 Å². The Morgan fingerprint density at radius 1 is 1.00 bits per heavy atom. The molecule has 0 aromatic rings. The second-order valence-corrected chi connectivity index (χ2v) is 3.12. The van der Waals surface area contributed by atoms with E-state index in [2.05, 4.69) is 4.74 Å². The zero-order valence-corrected chi connectivity index (χ0v) is 12.3. The van der Waals surface area contributed by atoms with Crippen LogP contribution in [0.25, 0.3) is 0 Å². The molecule has 0 spiro atoms. The Labute approximate surface area is 114 Å². The van der Waals surface area contributed by atoms with Gasteiger partial charge in [0.15, 0.2) is 0 Å². The topological polar surface area (TPSA) is 164 Å². The van der Waals surface area contributed by atoms with Crippen molar-refractivity contribution < 1.29 is 58.7 Å². The van der Waals surface area contributed by atoms with Crippen LogP contribution in [-0.2, 0) is 43.4 Å². The van der Waals surface area contributed by atoms with Crippen molar-refractivity contribution in [3.8, 4) is 0 Å². The number of rotatable bonds is 7. The fraction of sp³-hybridized carbons (Fsp3) is 0.500. The van der Waals surface area contributed by atoms with Crippen molar-refractivity contribution in [2.24, 2.45) is 5.73 Å². The van der Waals surface area contributed by atoms with Crippen molar-refractivity contribution in [3.63, 3.8) is 0 Å². The Morgan fingerprint density at radius 2 is 1.39 bits per heavy atom. The van der Waals surface area contributed by atoms with Gasteiger partial charge in [-0.2, -0.15) is 0 Å². The Morgan fingerprint density at radius 3 is 1.61 bits per heavy atom. The van der Waals surface area contributed by atoms with Gasteiger partial charge in [-0.15, -0.1) is 0 Å². The predicted octanol–water partition coefficient (Wildman–Crippen LogP) is -1.74. The monoisotopic (exact) mass is 313 g/mol. The first-order chi connectivity index (χ1) is 7.73. The van der Waals surface area contributed by atoms with Crippen LogP contribution >= 0.6 is 0 Å². The molecular formula is C8H11NO8Zn. The smallest absolute Gasteiger partial charge is 0.349 e. The number of esters is 1. The van der Waals surface area contributed by atoms with E-state index >= 15 is 0 Å². The summed E-state index contributed by atoms with van der Waals surface area (Å²) >= 11 is 0. The molecule has 0 saturated carbocycles. The Hall–Kier alpha value is -1.54. The van der Waals surface area contributed by atoms with Gasteiger partial charge in [0, 0.05) is 19.5 Å².